The SMILES string of the molecule is O=C(O)c1nc2c([nH]1)[C@@H](c1ccccc1)CS2. The maximum Gasteiger partial charge on any atom is 0.371 e. The van der Waals surface area contributed by atoms with Crippen molar-refractivity contribution in [2.75, 3.05) is 5.75 Å². The topological polar surface area (TPSA) is 66.0 Å². The van der Waals surface area contributed by atoms with Crippen LogP contribution in [0.2, 0.25) is 0 Å². The van der Waals surface area contributed by atoms with E-state index in [4.69, 9.17) is 5.11 Å². The van der Waals surface area contributed by atoms with Crippen molar-refractivity contribution in [3.8, 4) is 0 Å². The van der Waals surface area contributed by atoms with Gasteiger partial charge >= 0.3 is 5.97 Å². The van der Waals surface area contributed by atoms with E-state index in [1.165, 1.54) is 5.56 Å². The van der Waals surface area contributed by atoms with Crippen LogP contribution >= 0.6 is 11.8 Å². The van der Waals surface area contributed by atoms with Crippen molar-refractivity contribution in [1.29, 1.82) is 0 Å². The minimum absolute atomic E-state index is 0.0307. The predicted molar refractivity (Wildman–Crippen MR) is 64.6 cm³/mol. The molecule has 0 saturated carbocycles. The second-order valence-electron chi connectivity index (χ2n) is 3.88. The van der Waals surface area contributed by atoms with Crippen molar-refractivity contribution in [2.24, 2.45) is 0 Å². The number of hydrogen-bond donors (Lipinski definition) is 2. The maximum absolute atomic E-state index is 10.8. The van der Waals surface area contributed by atoms with Crippen LogP contribution in [0.5, 0.6) is 0 Å². The molecular weight excluding hydrogens is 236 g/mol. The molecule has 2 aromatic rings. The van der Waals surface area contributed by atoms with E-state index in [0.29, 0.717) is 0 Å². The molecule has 3 rings (SSSR count). The summed E-state index contributed by atoms with van der Waals surface area (Å²) in [6, 6.07) is 10.1. The monoisotopic (exact) mass is 246 g/mol. The number of aromatic carboxylic acids is 1. The lowest BCUT2D eigenvalue weighted by molar-refractivity contribution is 0.0684. The number of rotatable bonds is 2. The number of hydrogen-bond acceptors (Lipinski definition) is 3. The van der Waals surface area contributed by atoms with Gasteiger partial charge in [0.05, 0.1) is 5.69 Å². The van der Waals surface area contributed by atoms with Gasteiger partial charge in [0.1, 0.15) is 5.03 Å². The number of thioether (sulfide) groups is 1. The Balaban J connectivity index is 2.01. The number of carboxylic acids is 1. The number of benzene rings is 1. The summed E-state index contributed by atoms with van der Waals surface area (Å²) < 4.78 is 0. The van der Waals surface area contributed by atoms with Gasteiger partial charge in [-0.05, 0) is 5.56 Å². The lowest BCUT2D eigenvalue weighted by atomic mass is 9.99. The molecule has 1 aliphatic heterocycles. The largest absolute Gasteiger partial charge is 0.475 e. The molecule has 1 aromatic carbocycles. The molecule has 5 heteroatoms. The molecule has 0 amide bonds. The highest BCUT2D eigenvalue weighted by atomic mass is 32.2. The summed E-state index contributed by atoms with van der Waals surface area (Å²) in [6.45, 7) is 0. The molecule has 0 fully saturated rings. The van der Waals surface area contributed by atoms with E-state index in [-0.39, 0.29) is 11.7 Å². The van der Waals surface area contributed by atoms with E-state index in [1.54, 1.807) is 11.8 Å². The highest BCUT2D eigenvalue weighted by Gasteiger charge is 2.29. The lowest BCUT2D eigenvalue weighted by Gasteiger charge is -2.08. The number of H-pyrrole nitrogens is 1. The molecular formula is C12H10N2O2S. The van der Waals surface area contributed by atoms with Crippen molar-refractivity contribution in [3.05, 3.63) is 47.4 Å². The van der Waals surface area contributed by atoms with E-state index >= 15 is 0 Å². The Morgan fingerprint density at radius 3 is 2.88 bits per heavy atom. The Hall–Kier alpha value is -1.75. The molecule has 2 N–H and O–H groups in total. The lowest BCUT2D eigenvalue weighted by Crippen LogP contribution is -2.03. The van der Waals surface area contributed by atoms with Gasteiger partial charge < -0.3 is 10.1 Å². The summed E-state index contributed by atoms with van der Waals surface area (Å²) in [6.07, 6.45) is 0. The summed E-state index contributed by atoms with van der Waals surface area (Å²) in [7, 11) is 0. The first-order chi connectivity index (χ1) is 8.25. The van der Waals surface area contributed by atoms with E-state index in [1.807, 2.05) is 18.2 Å². The maximum atomic E-state index is 10.8. The number of nitrogens with one attached hydrogen (secondary N) is 1. The number of imidazole rings is 1. The quantitative estimate of drug-likeness (QED) is 0.853. The van der Waals surface area contributed by atoms with Gasteiger partial charge in [-0.1, -0.05) is 30.3 Å². The van der Waals surface area contributed by atoms with Crippen molar-refractivity contribution < 1.29 is 9.90 Å². The fraction of sp³-hybridized carbons (Fsp3) is 0.167. The number of carbonyl (C=O) groups is 1. The molecule has 86 valence electrons. The van der Waals surface area contributed by atoms with Crippen LogP contribution in [-0.2, 0) is 0 Å². The molecule has 4 nitrogen and oxygen atoms in total. The van der Waals surface area contributed by atoms with Crippen LogP contribution in [0.3, 0.4) is 0 Å². The zero-order valence-electron chi connectivity index (χ0n) is 8.88. The summed E-state index contributed by atoms with van der Waals surface area (Å²) >= 11 is 1.60. The van der Waals surface area contributed by atoms with Crippen molar-refractivity contribution >= 4 is 17.7 Å². The zero-order chi connectivity index (χ0) is 11.8. The molecule has 0 bridgehead atoms. The van der Waals surface area contributed by atoms with Gasteiger partial charge in [0.2, 0.25) is 5.82 Å². The number of nitrogens with zero attached hydrogens (tertiary/aromatic N) is 1. The van der Waals surface area contributed by atoms with Gasteiger partial charge in [-0.3, -0.25) is 0 Å². The molecule has 0 saturated heterocycles. The van der Waals surface area contributed by atoms with Gasteiger partial charge in [0.15, 0.2) is 0 Å². The summed E-state index contributed by atoms with van der Waals surface area (Å²) in [5.41, 5.74) is 2.12. The fourth-order valence-electron chi connectivity index (χ4n) is 2.01. The van der Waals surface area contributed by atoms with Crippen LogP contribution in [0.4, 0.5) is 0 Å². The van der Waals surface area contributed by atoms with Crippen LogP contribution < -0.4 is 0 Å². The third-order valence-electron chi connectivity index (χ3n) is 2.84. The normalized spacial score (nSPS) is 18.0. The molecule has 1 aromatic heterocycles. The minimum atomic E-state index is -1.01. The molecule has 2 heterocycles. The minimum Gasteiger partial charge on any atom is -0.475 e. The molecule has 0 spiro atoms. The third kappa shape index (κ3) is 1.72. The number of aromatic amines is 1. The molecule has 1 atom stereocenters. The van der Waals surface area contributed by atoms with Crippen LogP contribution in [0, 0.1) is 0 Å². The first-order valence-electron chi connectivity index (χ1n) is 5.26. The first kappa shape index (κ1) is 10.4. The second kappa shape index (κ2) is 3.92. The van der Waals surface area contributed by atoms with Crippen molar-refractivity contribution in [1.82, 2.24) is 9.97 Å². The van der Waals surface area contributed by atoms with Crippen LogP contribution in [-0.4, -0.2) is 26.8 Å². The summed E-state index contributed by atoms with van der Waals surface area (Å²) in [4.78, 5) is 17.8. The standard InChI is InChI=1S/C12H10N2O2S/c15-12(16)10-13-9-8(6-17-11(9)14-10)7-4-2-1-3-5-7/h1-5,8H,6H2,(H,13,14)(H,15,16)/t8-/m1/s1. The molecule has 17 heavy (non-hydrogen) atoms. The van der Waals surface area contributed by atoms with Gasteiger partial charge in [-0.25, -0.2) is 9.78 Å². The fourth-order valence-corrected chi connectivity index (χ4v) is 3.20. The van der Waals surface area contributed by atoms with E-state index in [2.05, 4.69) is 22.1 Å². The predicted octanol–water partition coefficient (Wildman–Crippen LogP) is 2.35. The van der Waals surface area contributed by atoms with Gasteiger partial charge in [-0.15, -0.1) is 11.8 Å². The average molecular weight is 246 g/mol. The van der Waals surface area contributed by atoms with E-state index in [0.717, 1.165) is 16.5 Å². The highest BCUT2D eigenvalue weighted by Crippen LogP contribution is 2.41. The summed E-state index contributed by atoms with van der Waals surface area (Å²) in [5.74, 6) is 0.157. The third-order valence-corrected chi connectivity index (χ3v) is 3.92. The Morgan fingerprint density at radius 1 is 1.41 bits per heavy atom. The number of fused-ring (bicyclic) bond motifs is 1. The molecule has 0 aliphatic carbocycles. The molecule has 0 unspecified atom stereocenters. The molecule has 0 radical (unpaired) electrons. The van der Waals surface area contributed by atoms with Crippen LogP contribution in [0.15, 0.2) is 35.4 Å². The Bertz CT molecular complexity index is 565. The Morgan fingerprint density at radius 2 is 2.18 bits per heavy atom. The van der Waals surface area contributed by atoms with E-state index < -0.39 is 5.97 Å². The summed E-state index contributed by atoms with van der Waals surface area (Å²) in [5, 5.41) is 9.71. The Labute approximate surface area is 102 Å². The van der Waals surface area contributed by atoms with Gasteiger partial charge in [0, 0.05) is 11.7 Å². The van der Waals surface area contributed by atoms with Crippen LogP contribution in [0.1, 0.15) is 27.8 Å². The number of aromatic nitrogens is 2. The zero-order valence-corrected chi connectivity index (χ0v) is 9.70. The first-order valence-corrected chi connectivity index (χ1v) is 6.25. The van der Waals surface area contributed by atoms with Crippen molar-refractivity contribution in [2.45, 2.75) is 10.9 Å². The average Bonchev–Trinajstić information content (AvgIpc) is 2.89. The van der Waals surface area contributed by atoms with Gasteiger partial charge in [-0.2, -0.15) is 0 Å². The van der Waals surface area contributed by atoms with Crippen LogP contribution in [0.25, 0.3) is 0 Å². The smallest absolute Gasteiger partial charge is 0.371 e. The van der Waals surface area contributed by atoms with E-state index in [9.17, 15) is 4.79 Å². The Kier molecular flexibility index (Phi) is 2.40. The molecule has 1 aliphatic rings. The van der Waals surface area contributed by atoms with Crippen molar-refractivity contribution in [3.63, 3.8) is 0 Å². The highest BCUT2D eigenvalue weighted by molar-refractivity contribution is 7.99. The number of carboxylic acid groups (broad SMARTS) is 1. The van der Waals surface area contributed by atoms with Gasteiger partial charge in [0.25, 0.3) is 0 Å². The second-order valence-corrected chi connectivity index (χ2v) is 4.89.